The van der Waals surface area contributed by atoms with E-state index < -0.39 is 30.3 Å². The fourth-order valence-corrected chi connectivity index (χ4v) is 7.31. The zero-order valence-electron chi connectivity index (χ0n) is 29.2. The molecule has 0 radical (unpaired) electrons. The Morgan fingerprint density at radius 3 is 1.88 bits per heavy atom. The molecular weight excluding hydrogens is 731 g/mol. The number of methoxy groups -OCH3 is 2. The standard InChI is InChI=1S/C37H37NO11S3/c1-24-12-17-29(18-13-24)52(43,44)38-31-20-27(15-14-25(31)2)30-22-34(45-3)35(37(36(30)46-4)49-51(6,41)42)28-16-19-32(33(21-28)48-50(5,39)40)47-23-26-10-8-7-9-11-26/h7-22,38H,23H2,1-6H3. The lowest BCUT2D eigenvalue weighted by Gasteiger charge is -2.22. The van der Waals surface area contributed by atoms with Gasteiger partial charge in [0.25, 0.3) is 10.0 Å². The molecule has 0 heterocycles. The fourth-order valence-electron chi connectivity index (χ4n) is 5.27. The van der Waals surface area contributed by atoms with Crippen molar-refractivity contribution in [3.63, 3.8) is 0 Å². The van der Waals surface area contributed by atoms with Crippen LogP contribution in [0.3, 0.4) is 0 Å². The highest BCUT2D eigenvalue weighted by Gasteiger charge is 2.28. The van der Waals surface area contributed by atoms with Crippen molar-refractivity contribution in [1.82, 2.24) is 0 Å². The molecule has 0 bridgehead atoms. The second-order valence-corrected chi connectivity index (χ2v) is 16.7. The predicted octanol–water partition coefficient (Wildman–Crippen LogP) is 6.71. The maximum absolute atomic E-state index is 13.3. The number of rotatable bonds is 14. The minimum atomic E-state index is -4.20. The van der Waals surface area contributed by atoms with E-state index in [0.717, 1.165) is 23.6 Å². The van der Waals surface area contributed by atoms with Crippen LogP contribution in [0.15, 0.2) is 102 Å². The van der Waals surface area contributed by atoms with E-state index in [1.807, 2.05) is 37.3 Å². The van der Waals surface area contributed by atoms with Gasteiger partial charge in [-0.2, -0.15) is 16.8 Å². The average Bonchev–Trinajstić information content (AvgIpc) is 3.07. The van der Waals surface area contributed by atoms with Gasteiger partial charge in [0.2, 0.25) is 0 Å². The van der Waals surface area contributed by atoms with Crippen LogP contribution in [-0.2, 0) is 36.9 Å². The van der Waals surface area contributed by atoms with Crippen molar-refractivity contribution in [2.45, 2.75) is 25.3 Å². The third-order valence-electron chi connectivity index (χ3n) is 7.69. The lowest BCUT2D eigenvalue weighted by molar-refractivity contribution is 0.296. The van der Waals surface area contributed by atoms with Gasteiger partial charge in [-0.25, -0.2) is 8.42 Å². The molecule has 0 atom stereocenters. The number of hydrogen-bond acceptors (Lipinski definition) is 11. The van der Waals surface area contributed by atoms with Crippen LogP contribution in [0.2, 0.25) is 0 Å². The van der Waals surface area contributed by atoms with Crippen LogP contribution in [-0.4, -0.2) is 52.0 Å². The highest BCUT2D eigenvalue weighted by Crippen LogP contribution is 2.52. The molecule has 0 aromatic heterocycles. The largest absolute Gasteiger partial charge is 0.496 e. The van der Waals surface area contributed by atoms with E-state index in [2.05, 4.69) is 4.72 Å². The van der Waals surface area contributed by atoms with Gasteiger partial charge in [-0.1, -0.05) is 66.2 Å². The Labute approximate surface area is 304 Å². The third-order valence-corrected chi connectivity index (χ3v) is 10.0. The maximum atomic E-state index is 13.3. The summed E-state index contributed by atoms with van der Waals surface area (Å²) in [5, 5.41) is 0. The molecule has 5 aromatic carbocycles. The summed E-state index contributed by atoms with van der Waals surface area (Å²) in [5.41, 5.74) is 3.66. The molecule has 0 aliphatic rings. The SMILES string of the molecule is COc1cc(-c2ccc(C)c(NS(=O)(=O)c3ccc(C)cc3)c2)c(OC)c(OS(C)(=O)=O)c1-c1ccc(OCc2ccccc2)c(OS(C)(=O)=O)c1. The Kier molecular flexibility index (Phi) is 11.1. The van der Waals surface area contributed by atoms with Crippen molar-refractivity contribution in [3.8, 4) is 51.0 Å². The van der Waals surface area contributed by atoms with Crippen molar-refractivity contribution in [1.29, 1.82) is 0 Å². The van der Waals surface area contributed by atoms with Crippen LogP contribution in [0, 0.1) is 13.8 Å². The first-order chi connectivity index (χ1) is 24.5. The van der Waals surface area contributed by atoms with Gasteiger partial charge in [0.15, 0.2) is 23.0 Å². The van der Waals surface area contributed by atoms with Crippen LogP contribution >= 0.6 is 0 Å². The highest BCUT2D eigenvalue weighted by molar-refractivity contribution is 7.92. The second kappa shape index (κ2) is 15.2. The molecule has 15 heteroatoms. The normalized spacial score (nSPS) is 11.8. The average molecular weight is 768 g/mol. The van der Waals surface area contributed by atoms with Crippen molar-refractivity contribution in [3.05, 3.63) is 114 Å². The van der Waals surface area contributed by atoms with Crippen LogP contribution < -0.4 is 27.3 Å². The monoisotopic (exact) mass is 767 g/mol. The van der Waals surface area contributed by atoms with Gasteiger partial charge < -0.3 is 22.6 Å². The Morgan fingerprint density at radius 1 is 0.615 bits per heavy atom. The number of ether oxygens (including phenoxy) is 3. The first-order valence-electron chi connectivity index (χ1n) is 15.6. The molecule has 52 heavy (non-hydrogen) atoms. The van der Waals surface area contributed by atoms with Gasteiger partial charge in [-0.15, -0.1) is 0 Å². The van der Waals surface area contributed by atoms with E-state index in [-0.39, 0.29) is 57.1 Å². The summed E-state index contributed by atoms with van der Waals surface area (Å²) in [5.74, 6) is -0.265. The molecule has 12 nitrogen and oxygen atoms in total. The summed E-state index contributed by atoms with van der Waals surface area (Å²) in [6, 6.07) is 26.6. The number of benzene rings is 5. The summed E-state index contributed by atoms with van der Waals surface area (Å²) in [7, 11) is -9.54. The fraction of sp³-hybridized carbons (Fsp3) is 0.189. The number of nitrogens with one attached hydrogen (secondary N) is 1. The molecule has 0 amide bonds. The number of hydrogen-bond donors (Lipinski definition) is 1. The van der Waals surface area contributed by atoms with Crippen molar-refractivity contribution in [2.24, 2.45) is 0 Å². The first-order valence-corrected chi connectivity index (χ1v) is 20.7. The molecule has 0 unspecified atom stereocenters. The van der Waals surface area contributed by atoms with Crippen LogP contribution in [0.1, 0.15) is 16.7 Å². The summed E-state index contributed by atoms with van der Waals surface area (Å²) in [4.78, 5) is 0.0750. The summed E-state index contributed by atoms with van der Waals surface area (Å²) in [6.45, 7) is 3.69. The summed E-state index contributed by atoms with van der Waals surface area (Å²) in [6.07, 6.45) is 1.74. The number of sulfonamides is 1. The van der Waals surface area contributed by atoms with Gasteiger partial charge in [0.05, 0.1) is 42.9 Å². The molecule has 0 spiro atoms. The van der Waals surface area contributed by atoms with Crippen LogP contribution in [0.25, 0.3) is 22.3 Å². The number of anilines is 1. The van der Waals surface area contributed by atoms with E-state index in [1.54, 1.807) is 49.4 Å². The van der Waals surface area contributed by atoms with Gasteiger partial charge in [0.1, 0.15) is 12.4 Å². The molecule has 0 saturated heterocycles. The zero-order valence-corrected chi connectivity index (χ0v) is 31.6. The van der Waals surface area contributed by atoms with E-state index in [0.29, 0.717) is 16.7 Å². The molecular formula is C37H37NO11S3. The summed E-state index contributed by atoms with van der Waals surface area (Å²) < 4.78 is 108. The summed E-state index contributed by atoms with van der Waals surface area (Å²) >= 11 is 0. The zero-order chi connectivity index (χ0) is 37.8. The van der Waals surface area contributed by atoms with E-state index in [1.165, 1.54) is 38.5 Å². The molecule has 0 saturated carbocycles. The molecule has 5 rings (SSSR count). The van der Waals surface area contributed by atoms with Gasteiger partial charge >= 0.3 is 20.2 Å². The first kappa shape index (κ1) is 38.0. The molecule has 1 N–H and O–H groups in total. The van der Waals surface area contributed by atoms with E-state index >= 15 is 0 Å². The van der Waals surface area contributed by atoms with Crippen LogP contribution in [0.4, 0.5) is 5.69 Å². The van der Waals surface area contributed by atoms with Gasteiger partial charge in [-0.3, -0.25) is 4.72 Å². The smallest absolute Gasteiger partial charge is 0.306 e. The van der Waals surface area contributed by atoms with Gasteiger partial charge in [-0.05, 0) is 72.5 Å². The Balaban J connectivity index is 1.67. The van der Waals surface area contributed by atoms with Crippen molar-refractivity contribution < 1.29 is 47.8 Å². The van der Waals surface area contributed by atoms with Crippen molar-refractivity contribution in [2.75, 3.05) is 31.5 Å². The molecule has 0 fully saturated rings. The van der Waals surface area contributed by atoms with Gasteiger partial charge in [0, 0.05) is 5.56 Å². The quantitative estimate of drug-likeness (QED) is 0.120. The minimum Gasteiger partial charge on any atom is -0.496 e. The lowest BCUT2D eigenvalue weighted by Crippen LogP contribution is -2.14. The number of aryl methyl sites for hydroxylation is 2. The Morgan fingerprint density at radius 2 is 1.27 bits per heavy atom. The topological polar surface area (TPSA) is 161 Å². The highest BCUT2D eigenvalue weighted by atomic mass is 32.2. The molecule has 0 aliphatic heterocycles. The predicted molar refractivity (Wildman–Crippen MR) is 199 cm³/mol. The molecule has 0 aliphatic carbocycles. The Bertz CT molecular complexity index is 2430. The molecule has 274 valence electrons. The molecule has 5 aromatic rings. The van der Waals surface area contributed by atoms with Crippen LogP contribution in [0.5, 0.6) is 28.7 Å². The van der Waals surface area contributed by atoms with E-state index in [4.69, 9.17) is 22.6 Å². The Hall–Kier alpha value is -5.25. The van der Waals surface area contributed by atoms with Crippen molar-refractivity contribution >= 4 is 35.9 Å². The van der Waals surface area contributed by atoms with E-state index in [9.17, 15) is 25.3 Å². The second-order valence-electron chi connectivity index (χ2n) is 11.8. The maximum Gasteiger partial charge on any atom is 0.306 e. The minimum absolute atomic E-state index is 0.0348. The third kappa shape index (κ3) is 9.15. The lowest BCUT2D eigenvalue weighted by atomic mass is 9.95.